The molecule has 1 aromatic heterocycles. The van der Waals surface area contributed by atoms with Gasteiger partial charge < -0.3 is 25.3 Å². The molecule has 2 amide bonds. The predicted octanol–water partition coefficient (Wildman–Crippen LogP) is 2.46. The first-order chi connectivity index (χ1) is 18.9. The second kappa shape index (κ2) is 12.5. The molecular formula is C25H23F3N6O6. The number of carbonyl (C=O) groups excluding carboxylic acids is 3. The standard InChI is InChI=1S/C25H23F3N6O6/c1-38-17-10-15(11-18(39-2)20(17)40-24(37)25(26,27)28)19(32-16-7-5-13(6-8-16)21(29)30)23(36)34-33-22(35)14-4-3-9-31-12-14/h3-12,19,32H,1-2H3,(H3,29,30)(H,33,35)(H,34,36). The van der Waals surface area contributed by atoms with E-state index >= 15 is 0 Å². The summed E-state index contributed by atoms with van der Waals surface area (Å²) in [6.45, 7) is 0. The smallest absolute Gasteiger partial charge is 0.491 e. The van der Waals surface area contributed by atoms with Crippen LogP contribution in [0.4, 0.5) is 18.9 Å². The van der Waals surface area contributed by atoms with Crippen LogP contribution in [0, 0.1) is 5.41 Å². The van der Waals surface area contributed by atoms with E-state index in [9.17, 15) is 27.6 Å². The van der Waals surface area contributed by atoms with Gasteiger partial charge in [-0.3, -0.25) is 30.8 Å². The number of halogens is 3. The SMILES string of the molecule is COc1cc(C(Nc2ccc(C(=N)N)cc2)C(=O)NNC(=O)c2cccnc2)cc(OC)c1OC(=O)C(F)(F)F. The number of anilines is 1. The van der Waals surface area contributed by atoms with Crippen molar-refractivity contribution in [2.75, 3.05) is 19.5 Å². The molecule has 1 unspecified atom stereocenters. The molecule has 0 fully saturated rings. The number of esters is 1. The molecule has 210 valence electrons. The number of nitrogen functional groups attached to an aromatic ring is 1. The summed E-state index contributed by atoms with van der Waals surface area (Å²) < 4.78 is 53.2. The largest absolute Gasteiger partial charge is 0.493 e. The fourth-order valence-corrected chi connectivity index (χ4v) is 3.29. The van der Waals surface area contributed by atoms with E-state index in [4.69, 9.17) is 20.6 Å². The first kappa shape index (κ1) is 29.2. The minimum Gasteiger partial charge on any atom is -0.493 e. The maximum Gasteiger partial charge on any atom is 0.491 e. The molecule has 1 atom stereocenters. The number of methoxy groups -OCH3 is 2. The van der Waals surface area contributed by atoms with Gasteiger partial charge in [0.25, 0.3) is 11.8 Å². The fourth-order valence-electron chi connectivity index (χ4n) is 3.29. The highest BCUT2D eigenvalue weighted by atomic mass is 19.4. The molecule has 3 aromatic rings. The number of amides is 2. The Morgan fingerprint density at radius 1 is 0.975 bits per heavy atom. The Kier molecular flexibility index (Phi) is 9.11. The molecule has 0 saturated carbocycles. The number of carbonyl (C=O) groups is 3. The minimum absolute atomic E-state index is 0.0873. The third-order valence-corrected chi connectivity index (χ3v) is 5.23. The Labute approximate surface area is 225 Å². The Bertz CT molecular complexity index is 1380. The summed E-state index contributed by atoms with van der Waals surface area (Å²) in [5.74, 6) is -5.53. The first-order valence-electron chi connectivity index (χ1n) is 11.2. The predicted molar refractivity (Wildman–Crippen MR) is 135 cm³/mol. The average molecular weight is 560 g/mol. The number of pyridine rings is 1. The highest BCUT2D eigenvalue weighted by molar-refractivity contribution is 5.97. The quantitative estimate of drug-likeness (QED) is 0.0865. The summed E-state index contributed by atoms with van der Waals surface area (Å²) in [5, 5.41) is 10.5. The molecule has 40 heavy (non-hydrogen) atoms. The highest BCUT2D eigenvalue weighted by Crippen LogP contribution is 2.41. The monoisotopic (exact) mass is 560 g/mol. The molecule has 0 bridgehead atoms. The Morgan fingerprint density at radius 2 is 1.60 bits per heavy atom. The lowest BCUT2D eigenvalue weighted by atomic mass is 10.0. The van der Waals surface area contributed by atoms with Crippen molar-refractivity contribution in [3.63, 3.8) is 0 Å². The molecule has 1 heterocycles. The van der Waals surface area contributed by atoms with Crippen molar-refractivity contribution < 1.29 is 41.8 Å². The van der Waals surface area contributed by atoms with Gasteiger partial charge in [0.2, 0.25) is 5.75 Å². The van der Waals surface area contributed by atoms with Crippen molar-refractivity contribution in [2.45, 2.75) is 12.2 Å². The normalized spacial score (nSPS) is 11.5. The van der Waals surface area contributed by atoms with Gasteiger partial charge in [-0.1, -0.05) is 0 Å². The summed E-state index contributed by atoms with van der Waals surface area (Å²) in [6, 6.07) is 10.1. The number of nitrogens with zero attached hydrogens (tertiary/aromatic N) is 1. The van der Waals surface area contributed by atoms with Gasteiger partial charge in [0.15, 0.2) is 11.5 Å². The van der Waals surface area contributed by atoms with E-state index < -0.39 is 35.8 Å². The van der Waals surface area contributed by atoms with E-state index in [2.05, 4.69) is 25.9 Å². The molecule has 0 aliphatic heterocycles. The number of ether oxygens (including phenoxy) is 3. The molecule has 6 N–H and O–H groups in total. The molecular weight excluding hydrogens is 537 g/mol. The van der Waals surface area contributed by atoms with Gasteiger partial charge in [-0.15, -0.1) is 0 Å². The van der Waals surface area contributed by atoms with Crippen LogP contribution in [-0.4, -0.2) is 49.0 Å². The van der Waals surface area contributed by atoms with Gasteiger partial charge in [0, 0.05) is 23.6 Å². The number of aromatic nitrogens is 1. The number of hydrogen-bond donors (Lipinski definition) is 5. The van der Waals surface area contributed by atoms with Crippen molar-refractivity contribution in [2.24, 2.45) is 5.73 Å². The van der Waals surface area contributed by atoms with Crippen LogP contribution in [-0.2, 0) is 9.59 Å². The maximum absolute atomic E-state index is 13.3. The molecule has 0 radical (unpaired) electrons. The summed E-state index contributed by atoms with van der Waals surface area (Å²) in [4.78, 5) is 41.0. The number of rotatable bonds is 9. The number of amidine groups is 1. The zero-order valence-electron chi connectivity index (χ0n) is 21.0. The van der Waals surface area contributed by atoms with Gasteiger partial charge in [0.1, 0.15) is 11.9 Å². The van der Waals surface area contributed by atoms with E-state index in [-0.39, 0.29) is 28.5 Å². The molecule has 0 spiro atoms. The van der Waals surface area contributed by atoms with Gasteiger partial charge in [-0.2, -0.15) is 13.2 Å². The van der Waals surface area contributed by atoms with E-state index in [1.54, 1.807) is 0 Å². The van der Waals surface area contributed by atoms with E-state index in [1.807, 2.05) is 0 Å². The van der Waals surface area contributed by atoms with Crippen LogP contribution in [0.1, 0.15) is 27.5 Å². The van der Waals surface area contributed by atoms with Crippen molar-refractivity contribution in [3.05, 3.63) is 77.6 Å². The third kappa shape index (κ3) is 7.15. The number of hydrogen-bond acceptors (Lipinski definition) is 9. The molecule has 3 rings (SSSR count). The summed E-state index contributed by atoms with van der Waals surface area (Å²) in [7, 11) is 2.22. The molecule has 12 nitrogen and oxygen atoms in total. The first-order valence-corrected chi connectivity index (χ1v) is 11.2. The van der Waals surface area contributed by atoms with E-state index in [1.165, 1.54) is 48.8 Å². The molecule has 0 aliphatic carbocycles. The van der Waals surface area contributed by atoms with Crippen LogP contribution in [0.25, 0.3) is 0 Å². The van der Waals surface area contributed by atoms with Gasteiger partial charge >= 0.3 is 12.1 Å². The Balaban J connectivity index is 1.98. The maximum atomic E-state index is 13.3. The minimum atomic E-state index is -5.29. The second-order valence-electron chi connectivity index (χ2n) is 7.90. The number of nitrogens with two attached hydrogens (primary N) is 1. The topological polar surface area (TPSA) is 178 Å². The molecule has 15 heteroatoms. The number of nitrogens with one attached hydrogen (secondary N) is 4. The van der Waals surface area contributed by atoms with E-state index in [0.29, 0.717) is 11.3 Å². The number of benzene rings is 2. The second-order valence-corrected chi connectivity index (χ2v) is 7.90. The van der Waals surface area contributed by atoms with Crippen molar-refractivity contribution in [3.8, 4) is 17.2 Å². The molecule has 2 aromatic carbocycles. The Morgan fingerprint density at radius 3 is 2.10 bits per heavy atom. The molecule has 0 aliphatic rings. The summed E-state index contributed by atoms with van der Waals surface area (Å²) >= 11 is 0. The lowest BCUT2D eigenvalue weighted by molar-refractivity contribution is -0.189. The lowest BCUT2D eigenvalue weighted by Gasteiger charge is -2.23. The lowest BCUT2D eigenvalue weighted by Crippen LogP contribution is -2.45. The summed E-state index contributed by atoms with van der Waals surface area (Å²) in [6.07, 6.45) is -2.55. The highest BCUT2D eigenvalue weighted by Gasteiger charge is 2.42. The van der Waals surface area contributed by atoms with Crippen molar-refractivity contribution in [1.29, 1.82) is 5.41 Å². The zero-order valence-corrected chi connectivity index (χ0v) is 21.0. The number of hydrazine groups is 1. The van der Waals surface area contributed by atoms with Gasteiger partial charge in [-0.05, 0) is 54.1 Å². The Hall–Kier alpha value is -5.34. The van der Waals surface area contributed by atoms with Crippen LogP contribution in [0.15, 0.2) is 60.9 Å². The van der Waals surface area contributed by atoms with Gasteiger partial charge in [0.05, 0.1) is 19.8 Å². The fraction of sp³-hybridized carbons (Fsp3) is 0.160. The molecule has 0 saturated heterocycles. The van der Waals surface area contributed by atoms with Crippen LogP contribution in [0.3, 0.4) is 0 Å². The van der Waals surface area contributed by atoms with Crippen LogP contribution in [0.2, 0.25) is 0 Å². The van der Waals surface area contributed by atoms with Crippen molar-refractivity contribution in [1.82, 2.24) is 15.8 Å². The number of alkyl halides is 3. The summed E-state index contributed by atoms with van der Waals surface area (Å²) in [5.41, 5.74) is 11.0. The zero-order chi connectivity index (χ0) is 29.4. The average Bonchev–Trinajstić information content (AvgIpc) is 2.94. The van der Waals surface area contributed by atoms with Crippen LogP contribution >= 0.6 is 0 Å². The van der Waals surface area contributed by atoms with Crippen LogP contribution < -0.4 is 36.1 Å². The van der Waals surface area contributed by atoms with Gasteiger partial charge in [-0.25, -0.2) is 4.79 Å². The third-order valence-electron chi connectivity index (χ3n) is 5.23. The van der Waals surface area contributed by atoms with Crippen molar-refractivity contribution >= 4 is 29.3 Å². The van der Waals surface area contributed by atoms with E-state index in [0.717, 1.165) is 26.4 Å². The van der Waals surface area contributed by atoms with Crippen LogP contribution in [0.5, 0.6) is 17.2 Å².